The molecule has 0 bridgehead atoms. The predicted octanol–water partition coefficient (Wildman–Crippen LogP) is 1.37. The van der Waals surface area contributed by atoms with Gasteiger partial charge in [-0.25, -0.2) is 0 Å². The maximum Gasteiger partial charge on any atom is 0.240 e. The molecule has 0 atom stereocenters. The van der Waals surface area contributed by atoms with E-state index < -0.39 is 0 Å². The molecule has 0 unspecified atom stereocenters. The summed E-state index contributed by atoms with van der Waals surface area (Å²) < 4.78 is 0.937. The van der Waals surface area contributed by atoms with Crippen LogP contribution in [0.1, 0.15) is 23.2 Å². The number of carbonyl (C=O) groups is 3. The lowest BCUT2D eigenvalue weighted by molar-refractivity contribution is -0.136. The molecular formula is C14H15BrN2O3. The number of ketones is 1. The topological polar surface area (TPSA) is 66.5 Å². The molecule has 1 heterocycles. The molecule has 5 nitrogen and oxygen atoms in total. The second-order valence-corrected chi connectivity index (χ2v) is 5.63. The van der Waals surface area contributed by atoms with Gasteiger partial charge >= 0.3 is 0 Å². The van der Waals surface area contributed by atoms with Crippen molar-refractivity contribution in [2.24, 2.45) is 0 Å². The van der Waals surface area contributed by atoms with E-state index >= 15 is 0 Å². The van der Waals surface area contributed by atoms with Gasteiger partial charge in [-0.2, -0.15) is 0 Å². The van der Waals surface area contributed by atoms with Gasteiger partial charge in [-0.1, -0.05) is 28.1 Å². The van der Waals surface area contributed by atoms with E-state index in [1.165, 1.54) is 0 Å². The minimum atomic E-state index is -0.277. The molecule has 0 aliphatic carbocycles. The number of rotatable bonds is 5. The Bertz CT molecular complexity index is 512. The highest BCUT2D eigenvalue weighted by molar-refractivity contribution is 9.10. The van der Waals surface area contributed by atoms with Crippen LogP contribution in [0.15, 0.2) is 28.7 Å². The number of nitrogens with zero attached hydrogens (tertiary/aromatic N) is 1. The number of benzene rings is 1. The average Bonchev–Trinajstić information content (AvgIpc) is 2.38. The van der Waals surface area contributed by atoms with Crippen molar-refractivity contribution in [2.75, 3.05) is 19.6 Å². The quantitative estimate of drug-likeness (QED) is 0.650. The first-order valence-electron chi connectivity index (χ1n) is 6.38. The Balaban J connectivity index is 1.78. The standard InChI is InChI=1S/C14H15BrN2O3/c15-11-5-3-10(4-6-11)12(18)2-1-7-17-8-13(19)16-14(20)9-17/h3-6H,1-2,7-9H2,(H,16,19,20). The van der Waals surface area contributed by atoms with Crippen LogP contribution in [0, 0.1) is 0 Å². The number of Topliss-reactive ketones (excluding diaryl/α,β-unsaturated/α-hetero) is 1. The van der Waals surface area contributed by atoms with Gasteiger partial charge in [0.25, 0.3) is 0 Å². The van der Waals surface area contributed by atoms with E-state index in [1.54, 1.807) is 17.0 Å². The van der Waals surface area contributed by atoms with E-state index in [4.69, 9.17) is 0 Å². The lowest BCUT2D eigenvalue weighted by Gasteiger charge is -2.24. The van der Waals surface area contributed by atoms with Gasteiger partial charge in [0, 0.05) is 16.5 Å². The van der Waals surface area contributed by atoms with Gasteiger partial charge in [0.1, 0.15) is 0 Å². The molecule has 1 aliphatic heterocycles. The third-order valence-electron chi connectivity index (χ3n) is 3.06. The zero-order valence-electron chi connectivity index (χ0n) is 10.9. The molecule has 0 radical (unpaired) electrons. The minimum Gasteiger partial charge on any atom is -0.294 e. The minimum absolute atomic E-state index is 0.0743. The monoisotopic (exact) mass is 338 g/mol. The van der Waals surface area contributed by atoms with E-state index in [1.807, 2.05) is 12.1 Å². The molecule has 1 aromatic rings. The number of halogens is 1. The maximum absolute atomic E-state index is 11.9. The van der Waals surface area contributed by atoms with E-state index in [2.05, 4.69) is 21.2 Å². The van der Waals surface area contributed by atoms with Crippen LogP contribution in [0.4, 0.5) is 0 Å². The van der Waals surface area contributed by atoms with Gasteiger partial charge in [0.05, 0.1) is 13.1 Å². The van der Waals surface area contributed by atoms with E-state index in [9.17, 15) is 14.4 Å². The lowest BCUT2D eigenvalue weighted by Crippen LogP contribution is -2.51. The van der Waals surface area contributed by atoms with E-state index in [-0.39, 0.29) is 30.7 Å². The number of carbonyl (C=O) groups excluding carboxylic acids is 3. The Morgan fingerprint density at radius 1 is 1.15 bits per heavy atom. The summed E-state index contributed by atoms with van der Waals surface area (Å²) >= 11 is 3.32. The van der Waals surface area contributed by atoms with Crippen LogP contribution >= 0.6 is 15.9 Å². The second-order valence-electron chi connectivity index (χ2n) is 4.72. The molecule has 6 heteroatoms. The summed E-state index contributed by atoms with van der Waals surface area (Å²) in [7, 11) is 0. The highest BCUT2D eigenvalue weighted by atomic mass is 79.9. The highest BCUT2D eigenvalue weighted by Crippen LogP contribution is 2.12. The number of hydrogen-bond acceptors (Lipinski definition) is 4. The normalized spacial score (nSPS) is 16.1. The molecule has 0 spiro atoms. The van der Waals surface area contributed by atoms with Gasteiger partial charge in [-0.15, -0.1) is 0 Å². The fourth-order valence-electron chi connectivity index (χ4n) is 2.10. The second kappa shape index (κ2) is 6.76. The van der Waals surface area contributed by atoms with Crippen molar-refractivity contribution >= 4 is 33.5 Å². The van der Waals surface area contributed by atoms with Crippen molar-refractivity contribution in [1.82, 2.24) is 10.2 Å². The molecule has 0 aromatic heterocycles. The molecule has 0 saturated carbocycles. The maximum atomic E-state index is 11.9. The van der Waals surface area contributed by atoms with Crippen LogP contribution < -0.4 is 5.32 Å². The number of nitrogens with one attached hydrogen (secondary N) is 1. The van der Waals surface area contributed by atoms with Crippen LogP contribution in [0.2, 0.25) is 0 Å². The number of hydrogen-bond donors (Lipinski definition) is 1. The number of imide groups is 1. The van der Waals surface area contributed by atoms with Crippen molar-refractivity contribution in [1.29, 1.82) is 0 Å². The Labute approximate surface area is 125 Å². The highest BCUT2D eigenvalue weighted by Gasteiger charge is 2.21. The zero-order valence-corrected chi connectivity index (χ0v) is 12.5. The van der Waals surface area contributed by atoms with Crippen molar-refractivity contribution in [3.63, 3.8) is 0 Å². The Hall–Kier alpha value is -1.53. The number of piperazine rings is 1. The van der Waals surface area contributed by atoms with Gasteiger partial charge < -0.3 is 0 Å². The summed E-state index contributed by atoms with van der Waals surface area (Å²) in [4.78, 5) is 36.1. The van der Waals surface area contributed by atoms with Crippen molar-refractivity contribution in [2.45, 2.75) is 12.8 Å². The lowest BCUT2D eigenvalue weighted by atomic mass is 10.1. The summed E-state index contributed by atoms with van der Waals surface area (Å²) in [5.41, 5.74) is 0.681. The van der Waals surface area contributed by atoms with Gasteiger partial charge in [-0.3, -0.25) is 24.6 Å². The largest absolute Gasteiger partial charge is 0.294 e. The summed E-state index contributed by atoms with van der Waals surface area (Å²) in [5, 5.41) is 2.25. The van der Waals surface area contributed by atoms with Gasteiger partial charge in [-0.05, 0) is 25.1 Å². The van der Waals surface area contributed by atoms with Gasteiger partial charge in [0.15, 0.2) is 5.78 Å². The van der Waals surface area contributed by atoms with Crippen LogP contribution in [-0.2, 0) is 9.59 Å². The van der Waals surface area contributed by atoms with Crippen molar-refractivity contribution in [3.8, 4) is 0 Å². The fraction of sp³-hybridized carbons (Fsp3) is 0.357. The molecule has 1 saturated heterocycles. The Morgan fingerprint density at radius 2 is 1.75 bits per heavy atom. The molecule has 20 heavy (non-hydrogen) atoms. The fourth-order valence-corrected chi connectivity index (χ4v) is 2.36. The van der Waals surface area contributed by atoms with Gasteiger partial charge in [0.2, 0.25) is 11.8 Å². The first-order chi connectivity index (χ1) is 9.54. The summed E-state index contributed by atoms with van der Waals surface area (Å²) in [5.74, 6) is -0.480. The summed E-state index contributed by atoms with van der Waals surface area (Å²) in [6.07, 6.45) is 1.05. The van der Waals surface area contributed by atoms with Crippen LogP contribution in [-0.4, -0.2) is 42.1 Å². The first kappa shape index (κ1) is 14.9. The third kappa shape index (κ3) is 4.25. The third-order valence-corrected chi connectivity index (χ3v) is 3.59. The Morgan fingerprint density at radius 3 is 2.35 bits per heavy atom. The zero-order chi connectivity index (χ0) is 14.5. The van der Waals surface area contributed by atoms with E-state index in [0.29, 0.717) is 24.9 Å². The molecule has 1 aliphatic rings. The summed E-state index contributed by atoms with van der Waals surface area (Å²) in [6, 6.07) is 7.23. The average molecular weight is 339 g/mol. The molecule has 106 valence electrons. The SMILES string of the molecule is O=C1CN(CCCC(=O)c2ccc(Br)cc2)CC(=O)N1. The first-order valence-corrected chi connectivity index (χ1v) is 7.18. The van der Waals surface area contributed by atoms with Crippen LogP contribution in [0.5, 0.6) is 0 Å². The summed E-state index contributed by atoms with van der Waals surface area (Å²) in [6.45, 7) is 1.01. The Kier molecular flexibility index (Phi) is 5.03. The molecule has 2 amide bonds. The number of amides is 2. The van der Waals surface area contributed by atoms with Crippen LogP contribution in [0.3, 0.4) is 0 Å². The van der Waals surface area contributed by atoms with Crippen LogP contribution in [0.25, 0.3) is 0 Å². The predicted molar refractivity (Wildman–Crippen MR) is 77.3 cm³/mol. The van der Waals surface area contributed by atoms with Crippen molar-refractivity contribution in [3.05, 3.63) is 34.3 Å². The van der Waals surface area contributed by atoms with E-state index in [0.717, 1.165) is 4.47 Å². The molecule has 1 fully saturated rings. The molecule has 1 aromatic carbocycles. The molecule has 2 rings (SSSR count). The molecular weight excluding hydrogens is 324 g/mol. The smallest absolute Gasteiger partial charge is 0.240 e. The molecule has 1 N–H and O–H groups in total. The van der Waals surface area contributed by atoms with Crippen molar-refractivity contribution < 1.29 is 14.4 Å².